The molecule has 1 heteroatoms. The van der Waals surface area contributed by atoms with Crippen molar-refractivity contribution in [2.75, 3.05) is 0 Å². The van der Waals surface area contributed by atoms with Gasteiger partial charge in [0.15, 0.2) is 0 Å². The summed E-state index contributed by atoms with van der Waals surface area (Å²) in [7, 11) is -1.91. The van der Waals surface area contributed by atoms with Crippen LogP contribution in [0.5, 0.6) is 0 Å². The Bertz CT molecular complexity index is 2860. The Hall–Kier alpha value is -6.67. The van der Waals surface area contributed by atoms with Crippen LogP contribution in [-0.2, 0) is 0 Å². The summed E-state index contributed by atoms with van der Waals surface area (Å²) >= 11 is 0. The maximum absolute atomic E-state index is 2.54. The summed E-state index contributed by atoms with van der Waals surface area (Å²) in [6, 6.07) is 85.3. The molecule has 55 heavy (non-hydrogen) atoms. The summed E-state index contributed by atoms with van der Waals surface area (Å²) in [5.74, 6) is 0. The molecule has 10 rings (SSSR count). The van der Waals surface area contributed by atoms with Gasteiger partial charge in [0, 0.05) is 19.6 Å². The van der Waals surface area contributed by atoms with Gasteiger partial charge < -0.3 is 0 Å². The van der Waals surface area contributed by atoms with Gasteiger partial charge in [-0.3, -0.25) is 0 Å². The first-order chi connectivity index (χ1) is 27.3. The van der Waals surface area contributed by atoms with E-state index in [9.17, 15) is 0 Å². The Morgan fingerprint density at radius 1 is 0.218 bits per heavy atom. The van der Waals surface area contributed by atoms with Gasteiger partial charge in [0.2, 0.25) is 0 Å². The van der Waals surface area contributed by atoms with Crippen molar-refractivity contribution < 1.29 is 0 Å². The van der Waals surface area contributed by atoms with E-state index in [4.69, 9.17) is 0 Å². The van der Waals surface area contributed by atoms with Gasteiger partial charge in [-0.1, -0.05) is 170 Å². The van der Waals surface area contributed by atoms with Crippen molar-refractivity contribution in [1.29, 1.82) is 0 Å². The van der Waals surface area contributed by atoms with E-state index in [1.165, 1.54) is 85.3 Å². The van der Waals surface area contributed by atoms with Crippen LogP contribution in [0.3, 0.4) is 0 Å². The van der Waals surface area contributed by atoms with Crippen LogP contribution in [0.1, 0.15) is 0 Å². The quantitative estimate of drug-likeness (QED) is 0.144. The van der Waals surface area contributed by atoms with Crippen molar-refractivity contribution in [1.82, 2.24) is 0 Å². The number of rotatable bonds is 7. The Morgan fingerprint density at radius 3 is 1.29 bits per heavy atom. The molecule has 0 fully saturated rings. The van der Waals surface area contributed by atoms with Crippen LogP contribution in [0.2, 0.25) is 0 Å². The van der Waals surface area contributed by atoms with Crippen LogP contribution in [0.4, 0.5) is 0 Å². The molecule has 0 spiro atoms. The fourth-order valence-electron chi connectivity index (χ4n) is 8.49. The number of benzene rings is 10. The predicted molar refractivity (Wildman–Crippen MR) is 235 cm³/mol. The molecule has 10 aromatic carbocycles. The van der Waals surface area contributed by atoms with E-state index in [0.717, 1.165) is 0 Å². The summed E-state index contributed by atoms with van der Waals surface area (Å²) in [5, 5.41) is 7.50. The lowest BCUT2D eigenvalue weighted by atomic mass is 9.85. The molecule has 0 unspecified atom stereocenters. The zero-order chi connectivity index (χ0) is 36.6. The highest BCUT2D eigenvalue weighted by Crippen LogP contribution is 2.73. The van der Waals surface area contributed by atoms with E-state index >= 15 is 0 Å². The first kappa shape index (κ1) is 32.9. The largest absolute Gasteiger partial charge is 0.133 e. The fraction of sp³-hybridized carbons (Fsp3) is 0. The summed E-state index contributed by atoms with van der Waals surface area (Å²) in [4.78, 5) is 5.26. The molecule has 0 nitrogen and oxygen atoms in total. The van der Waals surface area contributed by atoms with Gasteiger partial charge in [-0.15, -0.1) is 10.0 Å². The lowest BCUT2D eigenvalue weighted by Crippen LogP contribution is -2.05. The van der Waals surface area contributed by atoms with Gasteiger partial charge in [0.25, 0.3) is 0 Å². The maximum atomic E-state index is 2.54. The normalized spacial score (nSPS) is 11.9. The van der Waals surface area contributed by atoms with Crippen LogP contribution in [-0.4, -0.2) is 0 Å². The standard InChI is InChI=1S/C54H38S/c1-5-18-39(19-6-1)42-22-17-23-43(36-42)53-49-30-15-16-31-50(49)54(44-33-32-40-20-13-14-21-41(40)37-44)52-38-48(34-35-51(52)53)55(45-24-7-2-8-25-45,46-26-9-3-10-27-46)47-28-11-4-12-29-47/h1-38H. The molecule has 0 amide bonds. The van der Waals surface area contributed by atoms with Crippen molar-refractivity contribution in [3.05, 3.63) is 231 Å². The molecule has 0 aromatic heterocycles. The van der Waals surface area contributed by atoms with E-state index in [1.54, 1.807) is 0 Å². The second-order valence-electron chi connectivity index (χ2n) is 14.1. The third kappa shape index (κ3) is 5.64. The lowest BCUT2D eigenvalue weighted by Gasteiger charge is -2.42. The average Bonchev–Trinajstić information content (AvgIpc) is 3.27. The van der Waals surface area contributed by atoms with Gasteiger partial charge in [0.05, 0.1) is 0 Å². The molecule has 0 radical (unpaired) electrons. The molecule has 0 N–H and O–H groups in total. The van der Waals surface area contributed by atoms with Gasteiger partial charge >= 0.3 is 0 Å². The first-order valence-electron chi connectivity index (χ1n) is 18.9. The molecule has 0 bridgehead atoms. The fourth-order valence-corrected chi connectivity index (χ4v) is 12.4. The molecule has 0 atom stereocenters. The summed E-state index contributed by atoms with van der Waals surface area (Å²) in [6.45, 7) is 0. The smallest absolute Gasteiger partial charge is 0.00295 e. The van der Waals surface area contributed by atoms with E-state index < -0.39 is 10.0 Å². The van der Waals surface area contributed by atoms with E-state index in [1.807, 2.05) is 0 Å². The van der Waals surface area contributed by atoms with Gasteiger partial charge in [-0.2, -0.15) is 0 Å². The summed E-state index contributed by atoms with van der Waals surface area (Å²) in [5.41, 5.74) is 7.40. The van der Waals surface area contributed by atoms with Crippen LogP contribution in [0.25, 0.3) is 65.7 Å². The van der Waals surface area contributed by atoms with Gasteiger partial charge in [-0.05, 0) is 126 Å². The number of hydrogen-bond donors (Lipinski definition) is 0. The third-order valence-corrected chi connectivity index (χ3v) is 14.8. The van der Waals surface area contributed by atoms with Crippen LogP contribution in [0.15, 0.2) is 250 Å². The number of fused-ring (bicyclic) bond motifs is 3. The Labute approximate surface area is 324 Å². The zero-order valence-electron chi connectivity index (χ0n) is 30.3. The highest BCUT2D eigenvalue weighted by Gasteiger charge is 2.34. The SMILES string of the molecule is c1ccc(-c2cccc(-c3c4ccccc4c(-c4ccc5ccccc5c4)c4cc(S(c5ccccc5)(c5ccccc5)c5ccccc5)ccc34)c2)cc1. The second-order valence-corrected chi connectivity index (χ2v) is 17.2. The minimum absolute atomic E-state index is 1.21. The molecule has 0 aliphatic rings. The molecular weight excluding hydrogens is 681 g/mol. The summed E-state index contributed by atoms with van der Waals surface area (Å²) in [6.07, 6.45) is 0. The third-order valence-electron chi connectivity index (χ3n) is 10.9. The molecule has 0 saturated heterocycles. The van der Waals surface area contributed by atoms with Crippen molar-refractivity contribution >= 4 is 42.3 Å². The Morgan fingerprint density at radius 2 is 0.673 bits per heavy atom. The highest BCUT2D eigenvalue weighted by atomic mass is 32.3. The zero-order valence-corrected chi connectivity index (χ0v) is 31.2. The predicted octanol–water partition coefficient (Wildman–Crippen LogP) is 15.5. The van der Waals surface area contributed by atoms with Crippen molar-refractivity contribution in [3.8, 4) is 33.4 Å². The minimum atomic E-state index is -1.91. The van der Waals surface area contributed by atoms with Crippen molar-refractivity contribution in [3.63, 3.8) is 0 Å². The summed E-state index contributed by atoms with van der Waals surface area (Å²) < 4.78 is 0. The molecule has 0 heterocycles. The molecule has 0 aliphatic heterocycles. The Kier molecular flexibility index (Phi) is 8.36. The van der Waals surface area contributed by atoms with Crippen LogP contribution >= 0.6 is 10.0 Å². The van der Waals surface area contributed by atoms with E-state index in [2.05, 4.69) is 231 Å². The molecule has 260 valence electrons. The monoisotopic (exact) mass is 718 g/mol. The Balaban J connectivity index is 1.36. The lowest BCUT2D eigenvalue weighted by molar-refractivity contribution is 1.25. The molecule has 10 aromatic rings. The second kappa shape index (κ2) is 14.0. The maximum Gasteiger partial charge on any atom is 0.00295 e. The van der Waals surface area contributed by atoms with Crippen molar-refractivity contribution in [2.45, 2.75) is 19.6 Å². The van der Waals surface area contributed by atoms with Crippen LogP contribution < -0.4 is 0 Å². The van der Waals surface area contributed by atoms with E-state index in [0.29, 0.717) is 0 Å². The van der Waals surface area contributed by atoms with E-state index in [-0.39, 0.29) is 0 Å². The molecule has 0 saturated carbocycles. The average molecular weight is 719 g/mol. The van der Waals surface area contributed by atoms with Gasteiger partial charge in [0.1, 0.15) is 0 Å². The number of hydrogen-bond acceptors (Lipinski definition) is 0. The van der Waals surface area contributed by atoms with Crippen LogP contribution in [0, 0.1) is 0 Å². The first-order valence-corrected chi connectivity index (χ1v) is 20.5. The minimum Gasteiger partial charge on any atom is -0.133 e. The molecular formula is C54H38S. The van der Waals surface area contributed by atoms with Crippen molar-refractivity contribution in [2.24, 2.45) is 0 Å². The highest BCUT2D eigenvalue weighted by molar-refractivity contribution is 8.34. The molecule has 0 aliphatic carbocycles. The topological polar surface area (TPSA) is 0 Å². The van der Waals surface area contributed by atoms with Gasteiger partial charge in [-0.25, -0.2) is 0 Å².